The Bertz CT molecular complexity index is 895. The first-order chi connectivity index (χ1) is 12.8. The maximum absolute atomic E-state index is 12.8. The van der Waals surface area contributed by atoms with Crippen molar-refractivity contribution >= 4 is 21.7 Å². The lowest BCUT2D eigenvalue weighted by atomic mass is 9.97. The number of hydrogen-bond donors (Lipinski definition) is 1. The summed E-state index contributed by atoms with van der Waals surface area (Å²) < 4.78 is 28.8. The second-order valence-corrected chi connectivity index (χ2v) is 9.17. The summed E-state index contributed by atoms with van der Waals surface area (Å²) in [6, 6.07) is 8.79. The van der Waals surface area contributed by atoms with Crippen LogP contribution in [0.4, 0.5) is 5.82 Å². The van der Waals surface area contributed by atoms with Gasteiger partial charge in [0.15, 0.2) is 0 Å². The zero-order valence-electron chi connectivity index (χ0n) is 15.9. The Morgan fingerprint density at radius 2 is 1.78 bits per heavy atom. The molecule has 0 atom stereocenters. The Kier molecular flexibility index (Phi) is 5.67. The molecule has 0 aliphatic carbocycles. The van der Waals surface area contributed by atoms with Crippen molar-refractivity contribution in [3.8, 4) is 0 Å². The average molecular weight is 391 g/mol. The molecule has 0 radical (unpaired) electrons. The summed E-state index contributed by atoms with van der Waals surface area (Å²) in [6.45, 7) is 6.61. The Morgan fingerprint density at radius 3 is 2.37 bits per heavy atom. The van der Waals surface area contributed by atoms with Crippen LogP contribution in [0, 0.1) is 12.8 Å². The van der Waals surface area contributed by atoms with Crippen molar-refractivity contribution < 1.29 is 13.2 Å². The van der Waals surface area contributed by atoms with E-state index in [0.29, 0.717) is 36.6 Å². The highest BCUT2D eigenvalue weighted by Gasteiger charge is 2.32. The number of sulfonamides is 1. The van der Waals surface area contributed by atoms with Crippen LogP contribution in [-0.4, -0.2) is 41.5 Å². The standard InChI is InChI=1S/C19H26N4O3S/c1-14(2)23-18(8-11-20-23)21-19(24)16-9-12-22(13-10-16)27(25,26)17-6-4-15(3)5-7-17/h4-8,11,14,16H,9-10,12-13H2,1-3H3,(H,21,24). The number of nitrogens with zero attached hydrogens (tertiary/aromatic N) is 3. The third-order valence-corrected chi connectivity index (χ3v) is 6.81. The molecule has 2 aromatic rings. The van der Waals surface area contributed by atoms with E-state index in [0.717, 1.165) is 5.56 Å². The Labute approximate surface area is 160 Å². The van der Waals surface area contributed by atoms with Gasteiger partial charge >= 0.3 is 0 Å². The van der Waals surface area contributed by atoms with Crippen molar-refractivity contribution in [2.45, 2.75) is 44.6 Å². The van der Waals surface area contributed by atoms with Crippen LogP contribution in [0.25, 0.3) is 0 Å². The largest absolute Gasteiger partial charge is 0.311 e. The van der Waals surface area contributed by atoms with Crippen LogP contribution in [0.5, 0.6) is 0 Å². The fourth-order valence-corrected chi connectivity index (χ4v) is 4.74. The zero-order chi connectivity index (χ0) is 19.6. The number of carbonyl (C=O) groups excluding carboxylic acids is 1. The maximum atomic E-state index is 12.8. The maximum Gasteiger partial charge on any atom is 0.243 e. The molecule has 0 bridgehead atoms. The molecular formula is C19H26N4O3S. The zero-order valence-corrected chi connectivity index (χ0v) is 16.7. The number of piperidine rings is 1. The van der Waals surface area contributed by atoms with Crippen molar-refractivity contribution in [1.82, 2.24) is 14.1 Å². The molecule has 7 nitrogen and oxygen atoms in total. The predicted molar refractivity (Wildman–Crippen MR) is 104 cm³/mol. The first-order valence-electron chi connectivity index (χ1n) is 9.20. The first kappa shape index (κ1) is 19.6. The van der Waals surface area contributed by atoms with Gasteiger partial charge in [-0.2, -0.15) is 9.40 Å². The van der Waals surface area contributed by atoms with E-state index in [1.807, 2.05) is 20.8 Å². The van der Waals surface area contributed by atoms with Crippen molar-refractivity contribution in [1.29, 1.82) is 0 Å². The molecule has 1 N–H and O–H groups in total. The van der Waals surface area contributed by atoms with Crippen molar-refractivity contribution in [2.24, 2.45) is 5.92 Å². The van der Waals surface area contributed by atoms with Gasteiger partial charge in [-0.3, -0.25) is 4.79 Å². The third-order valence-electron chi connectivity index (χ3n) is 4.89. The fraction of sp³-hybridized carbons (Fsp3) is 0.474. The lowest BCUT2D eigenvalue weighted by Gasteiger charge is -2.30. The summed E-state index contributed by atoms with van der Waals surface area (Å²) in [5.41, 5.74) is 1.02. The minimum absolute atomic E-state index is 0.0789. The van der Waals surface area contributed by atoms with Crippen LogP contribution < -0.4 is 5.32 Å². The van der Waals surface area contributed by atoms with E-state index in [1.54, 1.807) is 41.2 Å². The van der Waals surface area contributed by atoms with E-state index in [2.05, 4.69) is 10.4 Å². The number of benzene rings is 1. The molecular weight excluding hydrogens is 364 g/mol. The van der Waals surface area contributed by atoms with Crippen molar-refractivity contribution in [2.75, 3.05) is 18.4 Å². The summed E-state index contributed by atoms with van der Waals surface area (Å²) in [4.78, 5) is 12.9. The number of aryl methyl sites for hydroxylation is 1. The molecule has 146 valence electrons. The molecule has 1 aliphatic heterocycles. The van der Waals surface area contributed by atoms with Crippen LogP contribution in [0.1, 0.15) is 38.3 Å². The third kappa shape index (κ3) is 4.22. The second kappa shape index (κ2) is 7.82. The van der Waals surface area contributed by atoms with E-state index in [9.17, 15) is 13.2 Å². The fourth-order valence-electron chi connectivity index (χ4n) is 3.27. The Morgan fingerprint density at radius 1 is 1.15 bits per heavy atom. The monoisotopic (exact) mass is 390 g/mol. The SMILES string of the molecule is Cc1ccc(S(=O)(=O)N2CCC(C(=O)Nc3ccnn3C(C)C)CC2)cc1. The van der Waals surface area contributed by atoms with Gasteiger partial charge in [-0.1, -0.05) is 17.7 Å². The number of carbonyl (C=O) groups is 1. The number of anilines is 1. The van der Waals surface area contributed by atoms with Gasteiger partial charge in [0.25, 0.3) is 0 Å². The summed E-state index contributed by atoms with van der Waals surface area (Å²) >= 11 is 0. The second-order valence-electron chi connectivity index (χ2n) is 7.24. The lowest BCUT2D eigenvalue weighted by molar-refractivity contribution is -0.121. The average Bonchev–Trinajstić information content (AvgIpc) is 3.10. The summed E-state index contributed by atoms with van der Waals surface area (Å²) in [5.74, 6) is 0.388. The molecule has 1 aliphatic rings. The van der Waals surface area contributed by atoms with Crippen molar-refractivity contribution in [3.05, 3.63) is 42.1 Å². The normalized spacial score (nSPS) is 16.6. The van der Waals surface area contributed by atoms with Gasteiger partial charge in [0.2, 0.25) is 15.9 Å². The minimum atomic E-state index is -3.51. The first-order valence-corrected chi connectivity index (χ1v) is 10.6. The van der Waals surface area contributed by atoms with E-state index >= 15 is 0 Å². The quantitative estimate of drug-likeness (QED) is 0.851. The highest BCUT2D eigenvalue weighted by Crippen LogP contribution is 2.25. The van der Waals surface area contributed by atoms with Gasteiger partial charge < -0.3 is 5.32 Å². The van der Waals surface area contributed by atoms with E-state index in [1.165, 1.54) is 4.31 Å². The molecule has 27 heavy (non-hydrogen) atoms. The van der Waals surface area contributed by atoms with Gasteiger partial charge in [-0.25, -0.2) is 13.1 Å². The van der Waals surface area contributed by atoms with E-state index in [-0.39, 0.29) is 17.9 Å². The number of hydrogen-bond acceptors (Lipinski definition) is 4. The minimum Gasteiger partial charge on any atom is -0.311 e. The number of nitrogens with one attached hydrogen (secondary N) is 1. The van der Waals surface area contributed by atoms with Crippen LogP contribution in [0.3, 0.4) is 0 Å². The highest BCUT2D eigenvalue weighted by atomic mass is 32.2. The van der Waals surface area contributed by atoms with E-state index < -0.39 is 10.0 Å². The van der Waals surface area contributed by atoms with Crippen LogP contribution in [-0.2, 0) is 14.8 Å². The number of amides is 1. The van der Waals surface area contributed by atoms with Crippen LogP contribution in [0.15, 0.2) is 41.4 Å². The molecule has 0 saturated carbocycles. The van der Waals surface area contributed by atoms with Gasteiger partial charge in [-0.15, -0.1) is 0 Å². The smallest absolute Gasteiger partial charge is 0.243 e. The van der Waals surface area contributed by atoms with Gasteiger partial charge in [0.05, 0.1) is 11.1 Å². The molecule has 2 heterocycles. The molecule has 0 spiro atoms. The van der Waals surface area contributed by atoms with Gasteiger partial charge in [0, 0.05) is 31.1 Å². The van der Waals surface area contributed by atoms with Crippen LogP contribution >= 0.6 is 0 Å². The molecule has 8 heteroatoms. The lowest BCUT2D eigenvalue weighted by Crippen LogP contribution is -2.41. The number of aromatic nitrogens is 2. The summed E-state index contributed by atoms with van der Waals surface area (Å²) in [5, 5.41) is 7.14. The highest BCUT2D eigenvalue weighted by molar-refractivity contribution is 7.89. The van der Waals surface area contributed by atoms with Crippen molar-refractivity contribution in [3.63, 3.8) is 0 Å². The molecule has 0 unspecified atom stereocenters. The molecule has 1 amide bonds. The van der Waals surface area contributed by atoms with Crippen LogP contribution in [0.2, 0.25) is 0 Å². The summed E-state index contributed by atoms with van der Waals surface area (Å²) in [6.07, 6.45) is 2.67. The van der Waals surface area contributed by atoms with Gasteiger partial charge in [0.1, 0.15) is 5.82 Å². The Balaban J connectivity index is 1.62. The topological polar surface area (TPSA) is 84.3 Å². The summed E-state index contributed by atoms with van der Waals surface area (Å²) in [7, 11) is -3.51. The molecule has 1 fully saturated rings. The molecule has 1 saturated heterocycles. The Hall–Kier alpha value is -2.19. The molecule has 3 rings (SSSR count). The molecule has 1 aromatic heterocycles. The predicted octanol–water partition coefficient (Wildman–Crippen LogP) is 2.81. The molecule has 1 aromatic carbocycles. The van der Waals surface area contributed by atoms with E-state index in [4.69, 9.17) is 0 Å². The van der Waals surface area contributed by atoms with Gasteiger partial charge in [-0.05, 0) is 45.7 Å². The number of rotatable bonds is 5.